The Morgan fingerprint density at radius 3 is 2.59 bits per heavy atom. The summed E-state index contributed by atoms with van der Waals surface area (Å²) in [7, 11) is 3.92. The van der Waals surface area contributed by atoms with Crippen molar-refractivity contribution in [2.75, 3.05) is 27.2 Å². The molecule has 0 atom stereocenters. The minimum absolute atomic E-state index is 0.380. The van der Waals surface area contributed by atoms with Gasteiger partial charge in [-0.2, -0.15) is 5.10 Å². The van der Waals surface area contributed by atoms with Gasteiger partial charge in [0.15, 0.2) is 0 Å². The highest BCUT2D eigenvalue weighted by Gasteiger charge is 2.16. The molecule has 9 nitrogen and oxygen atoms in total. The number of rotatable bonds is 7. The van der Waals surface area contributed by atoms with Gasteiger partial charge in [0.2, 0.25) is 0 Å². The Labute approximate surface area is 211 Å². The summed E-state index contributed by atoms with van der Waals surface area (Å²) in [4.78, 5) is 23.0. The normalized spacial score (nSPS) is 11.6. The van der Waals surface area contributed by atoms with Crippen molar-refractivity contribution in [3.05, 3.63) is 73.2 Å². The van der Waals surface area contributed by atoms with Crippen molar-refractivity contribution in [1.82, 2.24) is 40.0 Å². The number of fused-ring (bicyclic) bond motifs is 2. The average Bonchev–Trinajstić information content (AvgIpc) is 3.52. The number of H-pyrrole nitrogens is 2. The summed E-state index contributed by atoms with van der Waals surface area (Å²) >= 11 is 0. The van der Waals surface area contributed by atoms with E-state index in [0.717, 1.165) is 39.7 Å². The van der Waals surface area contributed by atoms with Crippen molar-refractivity contribution >= 4 is 21.8 Å². The summed E-state index contributed by atoms with van der Waals surface area (Å²) in [6.45, 7) is 1.19. The van der Waals surface area contributed by atoms with Gasteiger partial charge in [-0.25, -0.2) is 4.39 Å². The van der Waals surface area contributed by atoms with Gasteiger partial charge in [-0.05, 0) is 44.4 Å². The second-order valence-corrected chi connectivity index (χ2v) is 8.91. The highest BCUT2D eigenvalue weighted by atomic mass is 19.1. The van der Waals surface area contributed by atoms with Crippen LogP contribution in [-0.4, -0.2) is 67.3 Å². The van der Waals surface area contributed by atoms with E-state index >= 15 is 0 Å². The SMILES string of the molecule is CN(C)CCOc1cc(F)cc(-c2nccc3[nH]c(-c4n[nH]c5cnc(-c6cnccn6)cc45)cc23)c1. The topological polar surface area (TPSA) is 108 Å². The summed E-state index contributed by atoms with van der Waals surface area (Å²) in [6.07, 6.45) is 8.37. The number of nitrogens with one attached hydrogen (secondary N) is 2. The Morgan fingerprint density at radius 1 is 0.865 bits per heavy atom. The molecule has 0 amide bonds. The molecule has 1 aromatic carbocycles. The Bertz CT molecular complexity index is 1710. The zero-order chi connectivity index (χ0) is 25.4. The van der Waals surface area contributed by atoms with Crippen LogP contribution in [0.25, 0.3) is 55.8 Å². The van der Waals surface area contributed by atoms with Crippen molar-refractivity contribution in [3.63, 3.8) is 0 Å². The van der Waals surface area contributed by atoms with Crippen molar-refractivity contribution in [1.29, 1.82) is 0 Å². The van der Waals surface area contributed by atoms with Crippen LogP contribution in [0.5, 0.6) is 5.75 Å². The fourth-order valence-electron chi connectivity index (χ4n) is 4.23. The summed E-state index contributed by atoms with van der Waals surface area (Å²) in [6, 6.07) is 10.5. The van der Waals surface area contributed by atoms with Gasteiger partial charge in [0.05, 0.1) is 35.0 Å². The van der Waals surface area contributed by atoms with E-state index in [9.17, 15) is 4.39 Å². The summed E-state index contributed by atoms with van der Waals surface area (Å²) in [5.41, 5.74) is 5.85. The van der Waals surface area contributed by atoms with Crippen LogP contribution in [-0.2, 0) is 0 Å². The molecule has 10 heteroatoms. The molecular formula is C27H23FN8O. The van der Waals surface area contributed by atoms with Crippen molar-refractivity contribution in [3.8, 4) is 39.8 Å². The lowest BCUT2D eigenvalue weighted by Crippen LogP contribution is -2.19. The lowest BCUT2D eigenvalue weighted by Gasteiger charge is -2.12. The van der Waals surface area contributed by atoms with E-state index in [0.29, 0.717) is 35.0 Å². The van der Waals surface area contributed by atoms with Crippen LogP contribution in [0.2, 0.25) is 0 Å². The summed E-state index contributed by atoms with van der Waals surface area (Å²) in [5.74, 6) is 0.0861. The molecule has 6 aromatic rings. The average molecular weight is 495 g/mol. The Balaban J connectivity index is 1.41. The molecule has 0 bridgehead atoms. The molecule has 184 valence electrons. The second kappa shape index (κ2) is 9.40. The first kappa shape index (κ1) is 22.7. The molecule has 0 saturated carbocycles. The van der Waals surface area contributed by atoms with Crippen LogP contribution in [0.4, 0.5) is 4.39 Å². The standard InChI is InChI=1S/C27H23FN8O/c1-36(2)7-8-37-18-10-16(9-17(28)11-18)26-19-13-23(33-21(19)3-4-31-26)27-20-12-22(25-14-29-5-6-30-25)32-15-24(20)34-35-27/h3-6,9-15,33H,7-8H2,1-2H3,(H,34,35). The van der Waals surface area contributed by atoms with E-state index < -0.39 is 0 Å². The number of hydrogen-bond donors (Lipinski definition) is 2. The van der Waals surface area contributed by atoms with E-state index in [-0.39, 0.29) is 5.82 Å². The molecular weight excluding hydrogens is 471 g/mol. The zero-order valence-electron chi connectivity index (χ0n) is 20.2. The van der Waals surface area contributed by atoms with E-state index in [1.165, 1.54) is 12.1 Å². The van der Waals surface area contributed by atoms with Crippen LogP contribution in [0.15, 0.2) is 67.4 Å². The number of benzene rings is 1. The molecule has 0 aliphatic carbocycles. The van der Waals surface area contributed by atoms with Crippen LogP contribution in [0, 0.1) is 5.82 Å². The molecule has 0 fully saturated rings. The first-order chi connectivity index (χ1) is 18.0. The van der Waals surface area contributed by atoms with Crippen molar-refractivity contribution in [2.45, 2.75) is 0 Å². The fraction of sp³-hybridized carbons (Fsp3) is 0.148. The maximum Gasteiger partial charge on any atom is 0.127 e. The monoisotopic (exact) mass is 494 g/mol. The highest BCUT2D eigenvalue weighted by molar-refractivity contribution is 6.00. The van der Waals surface area contributed by atoms with E-state index in [1.54, 1.807) is 31.0 Å². The van der Waals surface area contributed by atoms with Crippen LogP contribution >= 0.6 is 0 Å². The highest BCUT2D eigenvalue weighted by Crippen LogP contribution is 2.34. The van der Waals surface area contributed by atoms with Gasteiger partial charge in [0, 0.05) is 53.1 Å². The molecule has 37 heavy (non-hydrogen) atoms. The smallest absolute Gasteiger partial charge is 0.127 e. The minimum Gasteiger partial charge on any atom is -0.492 e. The summed E-state index contributed by atoms with van der Waals surface area (Å²) in [5, 5.41) is 9.32. The lowest BCUT2D eigenvalue weighted by atomic mass is 10.1. The molecule has 0 unspecified atom stereocenters. The largest absolute Gasteiger partial charge is 0.492 e. The van der Waals surface area contributed by atoms with Crippen LogP contribution < -0.4 is 4.74 Å². The van der Waals surface area contributed by atoms with Gasteiger partial charge < -0.3 is 14.6 Å². The van der Waals surface area contributed by atoms with Crippen molar-refractivity contribution < 1.29 is 9.13 Å². The van der Waals surface area contributed by atoms with Crippen LogP contribution in [0.1, 0.15) is 0 Å². The number of halogens is 1. The number of nitrogens with zero attached hydrogens (tertiary/aromatic N) is 6. The molecule has 0 aliphatic rings. The van der Waals surface area contributed by atoms with Gasteiger partial charge in [0.25, 0.3) is 0 Å². The quantitative estimate of drug-likeness (QED) is 0.331. The lowest BCUT2D eigenvalue weighted by molar-refractivity contribution is 0.260. The van der Waals surface area contributed by atoms with E-state index in [1.807, 2.05) is 43.3 Å². The number of ether oxygens (including phenoxy) is 1. The predicted octanol–water partition coefficient (Wildman–Crippen LogP) is 4.70. The first-order valence-corrected chi connectivity index (χ1v) is 11.7. The molecule has 6 rings (SSSR count). The van der Waals surface area contributed by atoms with Crippen LogP contribution in [0.3, 0.4) is 0 Å². The minimum atomic E-state index is -0.380. The van der Waals surface area contributed by atoms with Gasteiger partial charge in [-0.1, -0.05) is 0 Å². The maximum absolute atomic E-state index is 14.5. The maximum atomic E-state index is 14.5. The van der Waals surface area contributed by atoms with Gasteiger partial charge in [0.1, 0.15) is 29.6 Å². The van der Waals surface area contributed by atoms with Crippen molar-refractivity contribution in [2.24, 2.45) is 0 Å². The van der Waals surface area contributed by atoms with Gasteiger partial charge >= 0.3 is 0 Å². The first-order valence-electron chi connectivity index (χ1n) is 11.7. The Kier molecular flexibility index (Phi) is 5.78. The fourth-order valence-corrected chi connectivity index (χ4v) is 4.23. The molecule has 0 saturated heterocycles. The van der Waals surface area contributed by atoms with Gasteiger partial charge in [-0.3, -0.25) is 25.0 Å². The second-order valence-electron chi connectivity index (χ2n) is 8.91. The molecule has 5 heterocycles. The number of hydrogen-bond acceptors (Lipinski definition) is 7. The molecule has 5 aromatic heterocycles. The third-order valence-corrected chi connectivity index (χ3v) is 6.03. The third kappa shape index (κ3) is 4.50. The van der Waals surface area contributed by atoms with Gasteiger partial charge in [-0.15, -0.1) is 0 Å². The zero-order valence-corrected chi connectivity index (χ0v) is 20.2. The van der Waals surface area contributed by atoms with E-state index in [2.05, 4.69) is 35.1 Å². The number of aromatic amines is 2. The molecule has 0 radical (unpaired) electrons. The van der Waals surface area contributed by atoms with E-state index in [4.69, 9.17) is 4.74 Å². The predicted molar refractivity (Wildman–Crippen MR) is 139 cm³/mol. The molecule has 0 aliphatic heterocycles. The summed E-state index contributed by atoms with van der Waals surface area (Å²) < 4.78 is 20.3. The number of pyridine rings is 2. The number of aromatic nitrogens is 7. The Morgan fingerprint density at radius 2 is 1.76 bits per heavy atom. The molecule has 2 N–H and O–H groups in total. The number of likely N-dealkylation sites (N-methyl/N-ethyl adjacent to an activating group) is 1. The molecule has 0 spiro atoms. The Hall–Kier alpha value is -4.70. The third-order valence-electron chi connectivity index (χ3n) is 6.03.